The Labute approximate surface area is 130 Å². The molecule has 0 spiro atoms. The van der Waals surface area contributed by atoms with Gasteiger partial charge in [-0.25, -0.2) is 9.78 Å². The van der Waals surface area contributed by atoms with Crippen LogP contribution in [-0.2, 0) is 17.8 Å². The van der Waals surface area contributed by atoms with Crippen LogP contribution < -0.4 is 0 Å². The van der Waals surface area contributed by atoms with Crippen LogP contribution in [0.3, 0.4) is 0 Å². The summed E-state index contributed by atoms with van der Waals surface area (Å²) in [6.07, 6.45) is -0.393. The lowest BCUT2D eigenvalue weighted by atomic mass is 10.2. The lowest BCUT2D eigenvalue weighted by molar-refractivity contribution is 0.0279. The highest BCUT2D eigenvalue weighted by Gasteiger charge is 2.21. The lowest BCUT2D eigenvalue weighted by Gasteiger charge is -2.24. The van der Waals surface area contributed by atoms with Gasteiger partial charge in [0.1, 0.15) is 11.4 Å². The number of para-hydroxylation sites is 2. The highest BCUT2D eigenvalue weighted by Crippen LogP contribution is 2.18. The third kappa shape index (κ3) is 3.76. The van der Waals surface area contributed by atoms with Gasteiger partial charge in [0.2, 0.25) is 0 Å². The number of imidazole rings is 1. The topological polar surface area (TPSA) is 67.6 Å². The Morgan fingerprint density at radius 3 is 2.68 bits per heavy atom. The van der Waals surface area contributed by atoms with Crippen molar-refractivity contribution >= 4 is 17.1 Å². The van der Waals surface area contributed by atoms with Crippen LogP contribution in [0.5, 0.6) is 0 Å². The molecule has 0 saturated carbocycles. The van der Waals surface area contributed by atoms with Crippen LogP contribution in [0.4, 0.5) is 4.79 Å². The maximum absolute atomic E-state index is 12.1. The number of hydrogen-bond donors (Lipinski definition) is 1. The normalized spacial score (nSPS) is 11.7. The van der Waals surface area contributed by atoms with Gasteiger partial charge in [0, 0.05) is 13.6 Å². The number of aliphatic hydroxyl groups is 1. The van der Waals surface area contributed by atoms with E-state index in [1.54, 1.807) is 7.05 Å². The minimum Gasteiger partial charge on any atom is -0.444 e. The van der Waals surface area contributed by atoms with Gasteiger partial charge in [-0.15, -0.1) is 0 Å². The van der Waals surface area contributed by atoms with Gasteiger partial charge in [-0.3, -0.25) is 0 Å². The van der Waals surface area contributed by atoms with Crippen molar-refractivity contribution in [3.05, 3.63) is 30.1 Å². The van der Waals surface area contributed by atoms with Crippen molar-refractivity contribution in [2.45, 2.75) is 39.5 Å². The first-order valence-corrected chi connectivity index (χ1v) is 7.31. The molecule has 1 N–H and O–H groups in total. The third-order valence-corrected chi connectivity index (χ3v) is 3.14. The fourth-order valence-corrected chi connectivity index (χ4v) is 2.21. The summed E-state index contributed by atoms with van der Waals surface area (Å²) in [6, 6.07) is 7.72. The largest absolute Gasteiger partial charge is 0.444 e. The van der Waals surface area contributed by atoms with Gasteiger partial charge >= 0.3 is 6.09 Å². The zero-order valence-corrected chi connectivity index (χ0v) is 13.5. The van der Waals surface area contributed by atoms with E-state index < -0.39 is 11.7 Å². The highest BCUT2D eigenvalue weighted by molar-refractivity contribution is 5.76. The van der Waals surface area contributed by atoms with E-state index in [2.05, 4.69) is 4.98 Å². The smallest absolute Gasteiger partial charge is 0.410 e. The predicted molar refractivity (Wildman–Crippen MR) is 84.5 cm³/mol. The lowest BCUT2D eigenvalue weighted by Crippen LogP contribution is -2.34. The van der Waals surface area contributed by atoms with Gasteiger partial charge < -0.3 is 19.3 Å². The van der Waals surface area contributed by atoms with E-state index in [9.17, 15) is 9.90 Å². The summed E-state index contributed by atoms with van der Waals surface area (Å²) < 4.78 is 7.27. The van der Waals surface area contributed by atoms with Crippen molar-refractivity contribution in [3.63, 3.8) is 0 Å². The fourth-order valence-electron chi connectivity index (χ4n) is 2.21. The summed E-state index contributed by atoms with van der Waals surface area (Å²) in [7, 11) is 1.68. The first-order valence-electron chi connectivity index (χ1n) is 7.31. The molecule has 1 amide bonds. The zero-order valence-electron chi connectivity index (χ0n) is 13.5. The van der Waals surface area contributed by atoms with Crippen molar-refractivity contribution in [1.82, 2.24) is 14.5 Å². The van der Waals surface area contributed by atoms with E-state index in [4.69, 9.17) is 4.74 Å². The molecule has 0 bridgehead atoms. The van der Waals surface area contributed by atoms with Crippen LogP contribution >= 0.6 is 0 Å². The van der Waals surface area contributed by atoms with Gasteiger partial charge in [-0.1, -0.05) is 12.1 Å². The van der Waals surface area contributed by atoms with E-state index in [0.29, 0.717) is 13.1 Å². The average molecular weight is 305 g/mol. The number of amides is 1. The molecule has 1 aromatic heterocycles. The van der Waals surface area contributed by atoms with Crippen LogP contribution in [0, 0.1) is 0 Å². The number of nitrogens with zero attached hydrogens (tertiary/aromatic N) is 3. The van der Waals surface area contributed by atoms with Crippen molar-refractivity contribution in [2.24, 2.45) is 0 Å². The van der Waals surface area contributed by atoms with Crippen LogP contribution in [0.25, 0.3) is 11.0 Å². The Balaban J connectivity index is 2.23. The third-order valence-electron chi connectivity index (χ3n) is 3.14. The molecule has 1 heterocycles. The SMILES string of the molecule is CN(Cc1nc2ccccc2n1CCO)C(=O)OC(C)(C)C. The Morgan fingerprint density at radius 2 is 2.05 bits per heavy atom. The number of hydrogen-bond acceptors (Lipinski definition) is 4. The molecule has 1 aromatic carbocycles. The van der Waals surface area contributed by atoms with Gasteiger partial charge in [0.05, 0.1) is 24.2 Å². The zero-order chi connectivity index (χ0) is 16.3. The van der Waals surface area contributed by atoms with E-state index in [-0.39, 0.29) is 6.61 Å². The molecule has 0 aliphatic rings. The Hall–Kier alpha value is -2.08. The molecule has 6 heteroatoms. The van der Waals surface area contributed by atoms with Crippen molar-refractivity contribution in [3.8, 4) is 0 Å². The maximum atomic E-state index is 12.1. The molecule has 120 valence electrons. The van der Waals surface area contributed by atoms with Crippen LogP contribution in [0.1, 0.15) is 26.6 Å². The summed E-state index contributed by atoms with van der Waals surface area (Å²) >= 11 is 0. The van der Waals surface area contributed by atoms with Crippen LogP contribution in [0.2, 0.25) is 0 Å². The number of carbonyl (C=O) groups excluding carboxylic acids is 1. The number of aliphatic hydroxyl groups excluding tert-OH is 1. The minimum atomic E-state index is -0.531. The molecule has 0 radical (unpaired) electrons. The van der Waals surface area contributed by atoms with Crippen LogP contribution in [-0.4, -0.2) is 44.9 Å². The number of fused-ring (bicyclic) bond motifs is 1. The first-order chi connectivity index (χ1) is 10.3. The van der Waals surface area contributed by atoms with Gasteiger partial charge in [-0.05, 0) is 32.9 Å². The molecular weight excluding hydrogens is 282 g/mol. The van der Waals surface area contributed by atoms with Crippen molar-refractivity contribution in [1.29, 1.82) is 0 Å². The molecule has 22 heavy (non-hydrogen) atoms. The van der Waals surface area contributed by atoms with Crippen molar-refractivity contribution in [2.75, 3.05) is 13.7 Å². The Kier molecular flexibility index (Phi) is 4.71. The molecule has 0 atom stereocenters. The Morgan fingerprint density at radius 1 is 1.36 bits per heavy atom. The second-order valence-corrected chi connectivity index (χ2v) is 6.23. The second kappa shape index (κ2) is 6.36. The summed E-state index contributed by atoms with van der Waals surface area (Å²) in [5.41, 5.74) is 1.27. The standard InChI is InChI=1S/C16H23N3O3/c1-16(2,3)22-15(21)18(4)11-14-17-12-7-5-6-8-13(12)19(14)9-10-20/h5-8,20H,9-11H2,1-4H3. The highest BCUT2D eigenvalue weighted by atomic mass is 16.6. The van der Waals surface area contributed by atoms with E-state index >= 15 is 0 Å². The van der Waals surface area contributed by atoms with E-state index in [0.717, 1.165) is 16.9 Å². The monoisotopic (exact) mass is 305 g/mol. The molecule has 0 aliphatic heterocycles. The van der Waals surface area contributed by atoms with Gasteiger partial charge in [0.15, 0.2) is 0 Å². The average Bonchev–Trinajstić information content (AvgIpc) is 2.75. The second-order valence-electron chi connectivity index (χ2n) is 6.23. The number of benzene rings is 1. The molecule has 0 fully saturated rings. The summed E-state index contributed by atoms with van der Waals surface area (Å²) in [6.45, 7) is 6.28. The molecular formula is C16H23N3O3. The predicted octanol–water partition coefficient (Wildman–Crippen LogP) is 2.40. The molecule has 6 nitrogen and oxygen atoms in total. The van der Waals surface area contributed by atoms with Gasteiger partial charge in [0.25, 0.3) is 0 Å². The van der Waals surface area contributed by atoms with Gasteiger partial charge in [-0.2, -0.15) is 0 Å². The fraction of sp³-hybridized carbons (Fsp3) is 0.500. The summed E-state index contributed by atoms with van der Waals surface area (Å²) in [5.74, 6) is 0.726. The van der Waals surface area contributed by atoms with Crippen LogP contribution in [0.15, 0.2) is 24.3 Å². The first kappa shape index (κ1) is 16.3. The Bertz CT molecular complexity index is 658. The number of rotatable bonds is 4. The molecule has 2 rings (SSSR count). The van der Waals surface area contributed by atoms with E-state index in [1.807, 2.05) is 49.6 Å². The number of aromatic nitrogens is 2. The number of carbonyl (C=O) groups is 1. The van der Waals surface area contributed by atoms with Crippen molar-refractivity contribution < 1.29 is 14.6 Å². The molecule has 0 unspecified atom stereocenters. The molecule has 2 aromatic rings. The number of ether oxygens (including phenoxy) is 1. The van der Waals surface area contributed by atoms with E-state index in [1.165, 1.54) is 4.90 Å². The molecule has 0 aliphatic carbocycles. The molecule has 0 saturated heterocycles. The maximum Gasteiger partial charge on any atom is 0.410 e. The quantitative estimate of drug-likeness (QED) is 0.942. The summed E-state index contributed by atoms with van der Waals surface area (Å²) in [4.78, 5) is 18.1. The summed E-state index contributed by atoms with van der Waals surface area (Å²) in [5, 5.41) is 9.26. The minimum absolute atomic E-state index is 0.0174.